The minimum Gasteiger partial charge on any atom is -0.338 e. The normalized spacial score (nSPS) is 15.4. The van der Waals surface area contributed by atoms with E-state index >= 15 is 0 Å². The van der Waals surface area contributed by atoms with Crippen molar-refractivity contribution >= 4 is 5.69 Å². The van der Waals surface area contributed by atoms with Crippen molar-refractivity contribution in [1.29, 1.82) is 0 Å². The SMILES string of the molecule is C/C=C\C=C/C(C)N(C1=CC=C(C)C=CC1)c1ccccc1.CC. The highest BCUT2D eigenvalue weighted by molar-refractivity contribution is 5.55. The van der Waals surface area contributed by atoms with E-state index in [9.17, 15) is 0 Å². The lowest BCUT2D eigenvalue weighted by molar-refractivity contribution is 0.803. The zero-order valence-corrected chi connectivity index (χ0v) is 15.7. The third-order valence-electron chi connectivity index (χ3n) is 3.69. The molecule has 0 spiro atoms. The van der Waals surface area contributed by atoms with Crippen LogP contribution in [0.15, 0.2) is 90.2 Å². The molecular weight excluding hydrogens is 290 g/mol. The summed E-state index contributed by atoms with van der Waals surface area (Å²) in [7, 11) is 0. The molecule has 24 heavy (non-hydrogen) atoms. The molecular formula is C23H31N. The number of nitrogens with zero attached hydrogens (tertiary/aromatic N) is 1. The van der Waals surface area contributed by atoms with Gasteiger partial charge in [0.25, 0.3) is 0 Å². The molecule has 0 amide bonds. The first-order valence-electron chi connectivity index (χ1n) is 8.90. The Balaban J connectivity index is 0.00000139. The van der Waals surface area contributed by atoms with E-state index in [4.69, 9.17) is 0 Å². The van der Waals surface area contributed by atoms with Crippen LogP contribution in [-0.4, -0.2) is 6.04 Å². The molecule has 1 heteroatoms. The fourth-order valence-electron chi connectivity index (χ4n) is 2.57. The van der Waals surface area contributed by atoms with Gasteiger partial charge in [-0.3, -0.25) is 0 Å². The van der Waals surface area contributed by atoms with Crippen LogP contribution >= 0.6 is 0 Å². The minimum absolute atomic E-state index is 0.296. The number of benzene rings is 1. The van der Waals surface area contributed by atoms with E-state index in [0.29, 0.717) is 6.04 Å². The van der Waals surface area contributed by atoms with E-state index in [1.165, 1.54) is 17.0 Å². The van der Waals surface area contributed by atoms with Gasteiger partial charge < -0.3 is 4.90 Å². The van der Waals surface area contributed by atoms with E-state index in [1.54, 1.807) is 0 Å². The Hall–Kier alpha value is -2.28. The van der Waals surface area contributed by atoms with E-state index in [0.717, 1.165) is 6.42 Å². The van der Waals surface area contributed by atoms with Gasteiger partial charge in [-0.1, -0.05) is 80.2 Å². The number of para-hydroxylation sites is 1. The van der Waals surface area contributed by atoms with Gasteiger partial charge >= 0.3 is 0 Å². The molecule has 2 rings (SSSR count). The second-order valence-electron chi connectivity index (χ2n) is 5.53. The Morgan fingerprint density at radius 3 is 2.42 bits per heavy atom. The molecule has 0 fully saturated rings. The summed E-state index contributed by atoms with van der Waals surface area (Å²) in [6.07, 6.45) is 18.3. The average Bonchev–Trinajstić information content (AvgIpc) is 2.83. The lowest BCUT2D eigenvalue weighted by atomic mass is 10.1. The van der Waals surface area contributed by atoms with E-state index in [-0.39, 0.29) is 0 Å². The van der Waals surface area contributed by atoms with Crippen LogP contribution in [0.3, 0.4) is 0 Å². The lowest BCUT2D eigenvalue weighted by Gasteiger charge is -2.31. The zero-order valence-electron chi connectivity index (χ0n) is 15.7. The maximum atomic E-state index is 2.40. The molecule has 0 radical (unpaired) electrons. The average molecular weight is 322 g/mol. The summed E-state index contributed by atoms with van der Waals surface area (Å²) < 4.78 is 0. The van der Waals surface area contributed by atoms with Crippen LogP contribution in [0.4, 0.5) is 5.69 Å². The fraction of sp³-hybridized carbons (Fsp3) is 0.304. The molecule has 0 saturated heterocycles. The Morgan fingerprint density at radius 2 is 1.75 bits per heavy atom. The molecule has 1 aliphatic rings. The highest BCUT2D eigenvalue weighted by atomic mass is 15.2. The van der Waals surface area contributed by atoms with Crippen LogP contribution in [0, 0.1) is 0 Å². The predicted octanol–water partition coefficient (Wildman–Crippen LogP) is 6.83. The van der Waals surface area contributed by atoms with Crippen molar-refractivity contribution in [3.8, 4) is 0 Å². The number of allylic oxidation sites excluding steroid dienone is 8. The molecule has 1 aromatic carbocycles. The molecule has 1 aliphatic carbocycles. The summed E-state index contributed by atoms with van der Waals surface area (Å²) in [5.41, 5.74) is 3.84. The second kappa shape index (κ2) is 11.3. The summed E-state index contributed by atoms with van der Waals surface area (Å²) in [5, 5.41) is 0. The van der Waals surface area contributed by atoms with Crippen LogP contribution in [0.5, 0.6) is 0 Å². The van der Waals surface area contributed by atoms with Crippen molar-refractivity contribution in [2.75, 3.05) is 4.90 Å². The molecule has 0 bridgehead atoms. The van der Waals surface area contributed by atoms with Crippen molar-refractivity contribution in [2.24, 2.45) is 0 Å². The lowest BCUT2D eigenvalue weighted by Crippen LogP contribution is -2.30. The van der Waals surface area contributed by atoms with Gasteiger partial charge in [0.05, 0.1) is 0 Å². The first-order valence-corrected chi connectivity index (χ1v) is 8.90. The van der Waals surface area contributed by atoms with E-state index in [2.05, 4.69) is 97.7 Å². The molecule has 1 aromatic rings. The molecule has 128 valence electrons. The van der Waals surface area contributed by atoms with Crippen LogP contribution in [-0.2, 0) is 0 Å². The van der Waals surface area contributed by atoms with Crippen molar-refractivity contribution in [2.45, 2.75) is 47.1 Å². The Bertz CT molecular complexity index is 615. The Morgan fingerprint density at radius 1 is 1.04 bits per heavy atom. The van der Waals surface area contributed by atoms with Gasteiger partial charge in [-0.05, 0) is 39.0 Å². The molecule has 0 aromatic heterocycles. The maximum absolute atomic E-state index is 2.40. The first-order chi connectivity index (χ1) is 11.7. The van der Waals surface area contributed by atoms with Crippen molar-refractivity contribution < 1.29 is 0 Å². The van der Waals surface area contributed by atoms with E-state index in [1.807, 2.05) is 20.8 Å². The maximum Gasteiger partial charge on any atom is 0.0494 e. The molecule has 1 nitrogen and oxygen atoms in total. The number of anilines is 1. The van der Waals surface area contributed by atoms with Gasteiger partial charge in [-0.2, -0.15) is 0 Å². The molecule has 0 saturated carbocycles. The summed E-state index contributed by atoms with van der Waals surface area (Å²) in [6.45, 7) is 10.4. The third-order valence-corrected chi connectivity index (χ3v) is 3.69. The summed E-state index contributed by atoms with van der Waals surface area (Å²) in [4.78, 5) is 2.40. The minimum atomic E-state index is 0.296. The van der Waals surface area contributed by atoms with Crippen LogP contribution in [0.1, 0.15) is 41.0 Å². The topological polar surface area (TPSA) is 3.24 Å². The van der Waals surface area contributed by atoms with Gasteiger partial charge in [0.2, 0.25) is 0 Å². The fourth-order valence-corrected chi connectivity index (χ4v) is 2.57. The molecule has 0 aliphatic heterocycles. The van der Waals surface area contributed by atoms with Crippen LogP contribution in [0.25, 0.3) is 0 Å². The van der Waals surface area contributed by atoms with Crippen molar-refractivity contribution in [3.63, 3.8) is 0 Å². The van der Waals surface area contributed by atoms with Crippen LogP contribution in [0.2, 0.25) is 0 Å². The number of hydrogen-bond acceptors (Lipinski definition) is 1. The molecule has 1 unspecified atom stereocenters. The second-order valence-corrected chi connectivity index (χ2v) is 5.53. The molecule has 0 heterocycles. The van der Waals surface area contributed by atoms with Gasteiger partial charge in [0, 0.05) is 23.8 Å². The number of hydrogen-bond donors (Lipinski definition) is 0. The van der Waals surface area contributed by atoms with Gasteiger partial charge in [-0.15, -0.1) is 0 Å². The number of rotatable bonds is 5. The first kappa shape index (κ1) is 19.8. The quantitative estimate of drug-likeness (QED) is 0.537. The molecule has 1 atom stereocenters. The summed E-state index contributed by atoms with van der Waals surface area (Å²) in [6, 6.07) is 10.9. The largest absolute Gasteiger partial charge is 0.338 e. The highest BCUT2D eigenvalue weighted by Crippen LogP contribution is 2.26. The Labute approximate surface area is 148 Å². The van der Waals surface area contributed by atoms with Crippen LogP contribution < -0.4 is 4.90 Å². The third kappa shape index (κ3) is 6.08. The van der Waals surface area contributed by atoms with Gasteiger partial charge in [-0.25, -0.2) is 0 Å². The summed E-state index contributed by atoms with van der Waals surface area (Å²) >= 11 is 0. The standard InChI is InChI=1S/C21H25N.C2H6/c1-4-5-7-12-19(3)22(20-13-8-6-9-14-20)21-15-10-11-18(2)16-17-21;1-2/h4-14,16-17,19H,15H2,1-3H3;1-2H3/b5-4-,12-7-;. The highest BCUT2D eigenvalue weighted by Gasteiger charge is 2.16. The smallest absolute Gasteiger partial charge is 0.0494 e. The van der Waals surface area contributed by atoms with Gasteiger partial charge in [0.1, 0.15) is 0 Å². The monoisotopic (exact) mass is 321 g/mol. The molecule has 0 N–H and O–H groups in total. The van der Waals surface area contributed by atoms with Crippen molar-refractivity contribution in [1.82, 2.24) is 0 Å². The predicted molar refractivity (Wildman–Crippen MR) is 109 cm³/mol. The zero-order chi connectivity index (χ0) is 17.8. The van der Waals surface area contributed by atoms with E-state index < -0.39 is 0 Å². The van der Waals surface area contributed by atoms with Gasteiger partial charge in [0.15, 0.2) is 0 Å². The Kier molecular flexibility index (Phi) is 9.29. The summed E-state index contributed by atoms with van der Waals surface area (Å²) in [5.74, 6) is 0. The van der Waals surface area contributed by atoms with Crippen molar-refractivity contribution in [3.05, 3.63) is 90.2 Å².